The summed E-state index contributed by atoms with van der Waals surface area (Å²) in [7, 11) is -3.49. The largest absolute Gasteiger partial charge is 0.486 e. The molecule has 1 unspecified atom stereocenters. The molecule has 0 saturated heterocycles. The molecule has 1 atom stereocenters. The number of amides is 2. The maximum atomic E-state index is 12.6. The predicted octanol–water partition coefficient (Wildman–Crippen LogP) is 1.52. The van der Waals surface area contributed by atoms with Crippen LogP contribution in [-0.2, 0) is 16.4 Å². The van der Waals surface area contributed by atoms with Crippen LogP contribution in [0.3, 0.4) is 0 Å². The Labute approximate surface area is 169 Å². The van der Waals surface area contributed by atoms with Gasteiger partial charge in [0.15, 0.2) is 17.6 Å². The Morgan fingerprint density at radius 1 is 1.07 bits per heavy atom. The highest BCUT2D eigenvalue weighted by Gasteiger charge is 2.28. The molecule has 2 aromatic rings. The van der Waals surface area contributed by atoms with Gasteiger partial charge in [-0.1, -0.05) is 30.3 Å². The molecule has 4 rings (SSSR count). The summed E-state index contributed by atoms with van der Waals surface area (Å²) in [5.74, 6) is 1.16. The maximum absolute atomic E-state index is 12.6. The van der Waals surface area contributed by atoms with E-state index in [2.05, 4.69) is 10.6 Å². The summed E-state index contributed by atoms with van der Waals surface area (Å²) in [5.41, 5.74) is 1.75. The van der Waals surface area contributed by atoms with Gasteiger partial charge in [0.1, 0.15) is 6.61 Å². The molecule has 154 valence electrons. The number of benzene rings is 2. The van der Waals surface area contributed by atoms with Gasteiger partial charge in [0.2, 0.25) is 10.0 Å². The van der Waals surface area contributed by atoms with Crippen LogP contribution in [0.2, 0.25) is 0 Å². The number of carbonyl (C=O) groups excluding carboxylic acids is 1. The molecule has 0 spiro atoms. The van der Waals surface area contributed by atoms with Gasteiger partial charge in [0.25, 0.3) is 0 Å². The van der Waals surface area contributed by atoms with Gasteiger partial charge in [-0.3, -0.25) is 4.31 Å². The topological polar surface area (TPSA) is 97.0 Å². The molecule has 2 aliphatic rings. The summed E-state index contributed by atoms with van der Waals surface area (Å²) in [6.07, 6.45) is 0.399. The van der Waals surface area contributed by atoms with E-state index >= 15 is 0 Å². The lowest BCUT2D eigenvalue weighted by Gasteiger charge is -2.26. The van der Waals surface area contributed by atoms with Crippen molar-refractivity contribution in [3.63, 3.8) is 0 Å². The fourth-order valence-corrected chi connectivity index (χ4v) is 4.86. The highest BCUT2D eigenvalue weighted by atomic mass is 32.2. The number of fused-ring (bicyclic) bond motifs is 2. The molecular weight excluding hydrogens is 394 g/mol. The highest BCUT2D eigenvalue weighted by molar-refractivity contribution is 7.92. The van der Waals surface area contributed by atoms with Gasteiger partial charge < -0.3 is 20.1 Å². The molecule has 29 heavy (non-hydrogen) atoms. The molecule has 0 saturated carbocycles. The van der Waals surface area contributed by atoms with Gasteiger partial charge in [0, 0.05) is 13.1 Å². The predicted molar refractivity (Wildman–Crippen MR) is 109 cm³/mol. The second kappa shape index (κ2) is 8.20. The first kappa shape index (κ1) is 19.4. The Morgan fingerprint density at radius 3 is 2.69 bits per heavy atom. The third-order valence-corrected chi connectivity index (χ3v) is 6.65. The van der Waals surface area contributed by atoms with Crippen LogP contribution < -0.4 is 24.4 Å². The van der Waals surface area contributed by atoms with Crippen LogP contribution in [0.15, 0.2) is 48.5 Å². The average Bonchev–Trinajstić information content (AvgIpc) is 3.17. The Kier molecular flexibility index (Phi) is 5.48. The van der Waals surface area contributed by atoms with E-state index in [1.54, 1.807) is 0 Å². The van der Waals surface area contributed by atoms with Crippen molar-refractivity contribution < 1.29 is 22.7 Å². The van der Waals surface area contributed by atoms with E-state index in [0.717, 1.165) is 11.3 Å². The number of anilines is 1. The summed E-state index contributed by atoms with van der Waals surface area (Å²) < 4.78 is 38.0. The fraction of sp³-hybridized carbons (Fsp3) is 0.350. The maximum Gasteiger partial charge on any atom is 0.314 e. The lowest BCUT2D eigenvalue weighted by Crippen LogP contribution is -2.46. The molecule has 2 amide bonds. The zero-order valence-electron chi connectivity index (χ0n) is 15.8. The van der Waals surface area contributed by atoms with Crippen LogP contribution in [0.4, 0.5) is 10.5 Å². The van der Waals surface area contributed by atoms with Crippen molar-refractivity contribution >= 4 is 21.7 Å². The van der Waals surface area contributed by atoms with Gasteiger partial charge >= 0.3 is 6.03 Å². The summed E-state index contributed by atoms with van der Waals surface area (Å²) in [4.78, 5) is 12.0. The van der Waals surface area contributed by atoms with Crippen LogP contribution in [0.1, 0.15) is 5.56 Å². The first-order chi connectivity index (χ1) is 14.0. The molecular formula is C20H23N3O5S. The number of nitrogens with one attached hydrogen (secondary N) is 2. The molecule has 0 fully saturated rings. The molecule has 0 radical (unpaired) electrons. The summed E-state index contributed by atoms with van der Waals surface area (Å²) in [6, 6.07) is 14.4. The number of hydrogen-bond donors (Lipinski definition) is 2. The van der Waals surface area contributed by atoms with E-state index in [1.807, 2.05) is 48.5 Å². The van der Waals surface area contributed by atoms with Crippen LogP contribution in [0.25, 0.3) is 0 Å². The Balaban J connectivity index is 1.22. The molecule has 2 aromatic carbocycles. The zero-order valence-corrected chi connectivity index (χ0v) is 16.7. The van der Waals surface area contributed by atoms with Gasteiger partial charge in [-0.2, -0.15) is 0 Å². The van der Waals surface area contributed by atoms with Gasteiger partial charge in [0.05, 0.1) is 18.0 Å². The smallest absolute Gasteiger partial charge is 0.314 e. The van der Waals surface area contributed by atoms with Crippen LogP contribution in [-0.4, -0.2) is 52.5 Å². The minimum absolute atomic E-state index is 0.0255. The monoisotopic (exact) mass is 417 g/mol. The van der Waals surface area contributed by atoms with Crippen molar-refractivity contribution in [2.45, 2.75) is 12.5 Å². The fourth-order valence-electron chi connectivity index (χ4n) is 3.43. The number of para-hydroxylation sites is 3. The Bertz CT molecular complexity index is 995. The van der Waals surface area contributed by atoms with Gasteiger partial charge in [-0.25, -0.2) is 13.2 Å². The quantitative estimate of drug-likeness (QED) is 0.743. The number of nitrogens with zero attached hydrogens (tertiary/aromatic N) is 1. The minimum atomic E-state index is -3.49. The van der Waals surface area contributed by atoms with E-state index in [0.29, 0.717) is 31.1 Å². The van der Waals surface area contributed by atoms with Gasteiger partial charge in [-0.15, -0.1) is 0 Å². The average molecular weight is 417 g/mol. The van der Waals surface area contributed by atoms with Crippen molar-refractivity contribution in [1.29, 1.82) is 0 Å². The van der Waals surface area contributed by atoms with E-state index in [4.69, 9.17) is 9.47 Å². The number of hydrogen-bond acceptors (Lipinski definition) is 5. The normalized spacial score (nSPS) is 17.5. The molecule has 0 aromatic heterocycles. The van der Waals surface area contributed by atoms with Crippen LogP contribution in [0.5, 0.6) is 11.5 Å². The number of carbonyl (C=O) groups is 1. The minimum Gasteiger partial charge on any atom is -0.486 e. The summed E-state index contributed by atoms with van der Waals surface area (Å²) in [5, 5.41) is 5.28. The zero-order chi connectivity index (χ0) is 20.3. The lowest BCUT2D eigenvalue weighted by atomic mass is 10.2. The van der Waals surface area contributed by atoms with E-state index in [-0.39, 0.29) is 24.9 Å². The first-order valence-corrected chi connectivity index (χ1v) is 11.1. The second-order valence-electron chi connectivity index (χ2n) is 6.90. The molecule has 2 heterocycles. The van der Waals surface area contributed by atoms with E-state index in [9.17, 15) is 13.2 Å². The highest BCUT2D eigenvalue weighted by Crippen LogP contribution is 2.31. The van der Waals surface area contributed by atoms with Crippen molar-refractivity contribution in [3.8, 4) is 11.5 Å². The molecule has 2 aliphatic heterocycles. The van der Waals surface area contributed by atoms with Crippen molar-refractivity contribution in [2.24, 2.45) is 0 Å². The number of sulfonamides is 1. The molecule has 9 heteroatoms. The van der Waals surface area contributed by atoms with Crippen molar-refractivity contribution in [1.82, 2.24) is 10.6 Å². The Hall–Kier alpha value is -2.94. The third-order valence-electron chi connectivity index (χ3n) is 4.88. The summed E-state index contributed by atoms with van der Waals surface area (Å²) in [6.45, 7) is 1.05. The van der Waals surface area contributed by atoms with Crippen LogP contribution in [0, 0.1) is 0 Å². The third kappa shape index (κ3) is 4.40. The SMILES string of the molecule is O=C(NCCS(=O)(=O)N1CCc2ccccc21)NCC1COc2ccccc2O1. The number of rotatable bonds is 6. The summed E-state index contributed by atoms with van der Waals surface area (Å²) >= 11 is 0. The van der Waals surface area contributed by atoms with Crippen LogP contribution >= 0.6 is 0 Å². The van der Waals surface area contributed by atoms with Gasteiger partial charge in [-0.05, 0) is 30.2 Å². The number of urea groups is 1. The molecule has 8 nitrogen and oxygen atoms in total. The van der Waals surface area contributed by atoms with E-state index in [1.165, 1.54) is 4.31 Å². The second-order valence-corrected chi connectivity index (χ2v) is 8.91. The molecule has 0 aliphatic carbocycles. The Morgan fingerprint density at radius 2 is 1.83 bits per heavy atom. The molecule has 2 N–H and O–H groups in total. The number of ether oxygens (including phenoxy) is 2. The van der Waals surface area contributed by atoms with E-state index < -0.39 is 16.1 Å². The van der Waals surface area contributed by atoms with Crippen molar-refractivity contribution in [3.05, 3.63) is 54.1 Å². The van der Waals surface area contributed by atoms with Crippen molar-refractivity contribution in [2.75, 3.05) is 36.3 Å². The molecule has 0 bridgehead atoms. The standard InChI is InChI=1S/C20H23N3O5S/c24-20(22-13-16-14-27-18-7-3-4-8-19(18)28-16)21-10-12-29(25,26)23-11-9-15-5-1-2-6-17(15)23/h1-8,16H,9-14H2,(H2,21,22,24). The first-order valence-electron chi connectivity index (χ1n) is 9.51. The lowest BCUT2D eigenvalue weighted by molar-refractivity contribution is 0.0918.